The summed E-state index contributed by atoms with van der Waals surface area (Å²) < 4.78 is 4.97. The van der Waals surface area contributed by atoms with Crippen molar-refractivity contribution in [1.82, 2.24) is 9.13 Å². The average molecular weight is 791 g/mol. The highest BCUT2D eigenvalue weighted by atomic mass is 15.0. The van der Waals surface area contributed by atoms with Crippen LogP contribution in [0.25, 0.3) is 99.5 Å². The van der Waals surface area contributed by atoms with Crippen molar-refractivity contribution in [1.29, 1.82) is 0 Å². The van der Waals surface area contributed by atoms with Crippen LogP contribution in [0.1, 0.15) is 17.9 Å². The molecular weight excluding hydrogens is 749 g/mol. The molecule has 1 aliphatic carbocycles. The molecule has 0 amide bonds. The maximum Gasteiger partial charge on any atom is 0.0641 e. The standard InChI is InChI=1S/C60H42N2/c1-5-17-41(18-6-1)46-35-47(42-19-7-2-8-20-42)37-48(36-46)45-29-31-51(32-30-45)61-57-28-16-14-26-55(57)59-58(61)34-33-54-53-25-13-15-27-56(53)62(60(54)59)52-39-49(43-21-9-3-10-22-43)38-50(40-52)44-23-11-4-12-24-44/h1-19,21-40,42H,20H2. The molecule has 0 radical (unpaired) electrons. The molecule has 1 aliphatic rings. The lowest BCUT2D eigenvalue weighted by Gasteiger charge is -2.17. The Labute approximate surface area is 361 Å². The summed E-state index contributed by atoms with van der Waals surface area (Å²) in [5.74, 6) is 0.359. The second-order valence-corrected chi connectivity index (χ2v) is 16.5. The van der Waals surface area contributed by atoms with Gasteiger partial charge in [-0.25, -0.2) is 0 Å². The summed E-state index contributed by atoms with van der Waals surface area (Å²) in [5, 5.41) is 4.97. The normalized spacial score (nSPS) is 13.8. The Hall–Kier alpha value is -7.94. The summed E-state index contributed by atoms with van der Waals surface area (Å²) >= 11 is 0. The van der Waals surface area contributed by atoms with Gasteiger partial charge >= 0.3 is 0 Å². The molecule has 0 fully saturated rings. The molecule has 0 N–H and O–H groups in total. The third-order valence-electron chi connectivity index (χ3n) is 12.8. The van der Waals surface area contributed by atoms with E-state index in [2.05, 4.69) is 246 Å². The molecule has 2 aromatic heterocycles. The fourth-order valence-electron chi connectivity index (χ4n) is 9.85. The van der Waals surface area contributed by atoms with Crippen molar-refractivity contribution in [2.75, 3.05) is 0 Å². The zero-order valence-corrected chi connectivity index (χ0v) is 34.2. The molecular formula is C60H42N2. The molecule has 1 unspecified atom stereocenters. The fourth-order valence-corrected chi connectivity index (χ4v) is 9.85. The first kappa shape index (κ1) is 36.0. The van der Waals surface area contributed by atoms with E-state index in [9.17, 15) is 0 Å². The van der Waals surface area contributed by atoms with E-state index in [0.29, 0.717) is 5.92 Å². The van der Waals surface area contributed by atoms with Gasteiger partial charge in [-0.05, 0) is 111 Å². The van der Waals surface area contributed by atoms with E-state index in [1.165, 1.54) is 93.7 Å². The number of hydrogen-bond acceptors (Lipinski definition) is 0. The maximum absolute atomic E-state index is 2.51. The quantitative estimate of drug-likeness (QED) is 0.152. The molecule has 0 saturated carbocycles. The van der Waals surface area contributed by atoms with Crippen molar-refractivity contribution < 1.29 is 0 Å². The summed E-state index contributed by atoms with van der Waals surface area (Å²) in [6, 6.07) is 78.1. The van der Waals surface area contributed by atoms with Crippen molar-refractivity contribution in [2.24, 2.45) is 0 Å². The molecule has 62 heavy (non-hydrogen) atoms. The summed E-state index contributed by atoms with van der Waals surface area (Å²) in [6.45, 7) is 0. The molecule has 2 nitrogen and oxygen atoms in total. The molecule has 0 aliphatic heterocycles. The van der Waals surface area contributed by atoms with Crippen LogP contribution in [0.5, 0.6) is 0 Å². The van der Waals surface area contributed by atoms with E-state index in [1.54, 1.807) is 0 Å². The molecule has 12 rings (SSSR count). The van der Waals surface area contributed by atoms with Crippen molar-refractivity contribution in [2.45, 2.75) is 12.3 Å². The topological polar surface area (TPSA) is 9.86 Å². The predicted molar refractivity (Wildman–Crippen MR) is 263 cm³/mol. The average Bonchev–Trinajstić information content (AvgIpc) is 3.88. The largest absolute Gasteiger partial charge is 0.309 e. The number of nitrogens with zero attached hydrogens (tertiary/aromatic N) is 2. The first-order valence-electron chi connectivity index (χ1n) is 21.6. The molecule has 9 aromatic carbocycles. The Morgan fingerprint density at radius 3 is 1.44 bits per heavy atom. The highest BCUT2D eigenvalue weighted by Crippen LogP contribution is 2.43. The van der Waals surface area contributed by atoms with E-state index in [-0.39, 0.29) is 0 Å². The van der Waals surface area contributed by atoms with Gasteiger partial charge in [-0.15, -0.1) is 0 Å². The van der Waals surface area contributed by atoms with E-state index < -0.39 is 0 Å². The van der Waals surface area contributed by atoms with Crippen LogP contribution in [0.4, 0.5) is 0 Å². The van der Waals surface area contributed by atoms with Crippen molar-refractivity contribution in [3.05, 3.63) is 242 Å². The van der Waals surface area contributed by atoms with Gasteiger partial charge in [-0.1, -0.05) is 182 Å². The molecule has 0 saturated heterocycles. The second kappa shape index (κ2) is 15.0. The highest BCUT2D eigenvalue weighted by Gasteiger charge is 2.22. The number of hydrogen-bond donors (Lipinski definition) is 0. The van der Waals surface area contributed by atoms with Crippen LogP contribution in [-0.4, -0.2) is 9.13 Å². The van der Waals surface area contributed by atoms with Gasteiger partial charge in [-0.3, -0.25) is 0 Å². The van der Waals surface area contributed by atoms with Crippen LogP contribution in [0, 0.1) is 0 Å². The second-order valence-electron chi connectivity index (χ2n) is 16.5. The Morgan fingerprint density at radius 2 is 0.855 bits per heavy atom. The van der Waals surface area contributed by atoms with Crippen molar-refractivity contribution in [3.8, 4) is 55.9 Å². The van der Waals surface area contributed by atoms with Gasteiger partial charge in [-0.2, -0.15) is 0 Å². The lowest BCUT2D eigenvalue weighted by atomic mass is 9.87. The fraction of sp³-hybridized carbons (Fsp3) is 0.0333. The number of allylic oxidation sites excluding steroid dienone is 4. The molecule has 2 heteroatoms. The minimum Gasteiger partial charge on any atom is -0.309 e. The minimum absolute atomic E-state index is 0.359. The number of para-hydroxylation sites is 2. The Kier molecular flexibility index (Phi) is 8.67. The highest BCUT2D eigenvalue weighted by molar-refractivity contribution is 6.26. The molecule has 0 bridgehead atoms. The van der Waals surface area contributed by atoms with Gasteiger partial charge in [0.05, 0.1) is 22.1 Å². The molecule has 11 aromatic rings. The smallest absolute Gasteiger partial charge is 0.0641 e. The van der Waals surface area contributed by atoms with E-state index >= 15 is 0 Å². The lowest BCUT2D eigenvalue weighted by Crippen LogP contribution is -1.98. The molecule has 2 heterocycles. The number of aromatic nitrogens is 2. The lowest BCUT2D eigenvalue weighted by molar-refractivity contribution is 0.854. The molecule has 0 spiro atoms. The van der Waals surface area contributed by atoms with Gasteiger partial charge < -0.3 is 9.13 Å². The molecule has 1 atom stereocenters. The van der Waals surface area contributed by atoms with Crippen LogP contribution in [0.3, 0.4) is 0 Å². The minimum atomic E-state index is 0.359. The van der Waals surface area contributed by atoms with Gasteiger partial charge in [0.2, 0.25) is 0 Å². The monoisotopic (exact) mass is 790 g/mol. The zero-order chi connectivity index (χ0) is 41.0. The molecule has 292 valence electrons. The Balaban J connectivity index is 1.06. The number of fused-ring (bicyclic) bond motifs is 7. The summed E-state index contributed by atoms with van der Waals surface area (Å²) in [6.07, 6.45) is 9.96. The van der Waals surface area contributed by atoms with Crippen molar-refractivity contribution in [3.63, 3.8) is 0 Å². The van der Waals surface area contributed by atoms with Crippen LogP contribution in [-0.2, 0) is 0 Å². The van der Waals surface area contributed by atoms with Crippen LogP contribution in [0.2, 0.25) is 0 Å². The Bertz CT molecular complexity index is 3460. The van der Waals surface area contributed by atoms with Gasteiger partial charge in [0, 0.05) is 38.8 Å². The zero-order valence-electron chi connectivity index (χ0n) is 34.2. The first-order valence-corrected chi connectivity index (χ1v) is 21.6. The third kappa shape index (κ3) is 6.11. The number of benzene rings is 9. The summed E-state index contributed by atoms with van der Waals surface area (Å²) in [7, 11) is 0. The van der Waals surface area contributed by atoms with Gasteiger partial charge in [0.25, 0.3) is 0 Å². The van der Waals surface area contributed by atoms with Crippen LogP contribution >= 0.6 is 0 Å². The van der Waals surface area contributed by atoms with E-state index in [4.69, 9.17) is 0 Å². The predicted octanol–water partition coefficient (Wildman–Crippen LogP) is 16.1. The third-order valence-corrected chi connectivity index (χ3v) is 12.8. The SMILES string of the molecule is C1=CCC(c2cc(-c3ccccc3)cc(-c3ccc(-n4c5ccccc5c5c4ccc4c6ccccc6n(-c6cc(-c7ccccc7)cc(-c7ccccc7)c6)c45)cc3)c2)C=C1. The summed E-state index contributed by atoms with van der Waals surface area (Å²) in [5.41, 5.74) is 18.1. The van der Waals surface area contributed by atoms with E-state index in [0.717, 1.165) is 17.8 Å². The van der Waals surface area contributed by atoms with Gasteiger partial charge in [0.15, 0.2) is 0 Å². The summed E-state index contributed by atoms with van der Waals surface area (Å²) in [4.78, 5) is 0. The van der Waals surface area contributed by atoms with Crippen molar-refractivity contribution >= 4 is 43.6 Å². The first-order chi connectivity index (χ1) is 30.7. The van der Waals surface area contributed by atoms with Crippen LogP contribution in [0.15, 0.2) is 237 Å². The van der Waals surface area contributed by atoms with E-state index in [1.807, 2.05) is 0 Å². The maximum atomic E-state index is 2.51. The number of rotatable bonds is 7. The van der Waals surface area contributed by atoms with Gasteiger partial charge in [0.1, 0.15) is 0 Å². The Morgan fingerprint density at radius 1 is 0.339 bits per heavy atom. The van der Waals surface area contributed by atoms with Crippen LogP contribution < -0.4 is 0 Å².